The quantitative estimate of drug-likeness (QED) is 0.193. The molecule has 3 aromatic rings. The van der Waals surface area contributed by atoms with Gasteiger partial charge in [-0.25, -0.2) is 0 Å². The highest BCUT2D eigenvalue weighted by Crippen LogP contribution is 2.36. The Labute approximate surface area is 244 Å². The lowest BCUT2D eigenvalue weighted by Gasteiger charge is -2.32. The molecule has 0 saturated carbocycles. The summed E-state index contributed by atoms with van der Waals surface area (Å²) in [6.45, 7) is 1.60. The number of hydrogen-bond acceptors (Lipinski definition) is 4. The van der Waals surface area contributed by atoms with Crippen LogP contribution in [0.5, 0.6) is 0 Å². The molecule has 0 aromatic heterocycles. The minimum absolute atomic E-state index is 0.0299. The van der Waals surface area contributed by atoms with E-state index in [0.29, 0.717) is 37.0 Å². The number of alkyl halides is 3. The Kier molecular flexibility index (Phi) is 10.6. The first-order valence-electron chi connectivity index (χ1n) is 14.5. The van der Waals surface area contributed by atoms with E-state index in [-0.39, 0.29) is 34.7 Å². The Balaban J connectivity index is 1.24. The van der Waals surface area contributed by atoms with Crippen molar-refractivity contribution in [2.45, 2.75) is 63.5 Å². The molecule has 1 saturated heterocycles. The summed E-state index contributed by atoms with van der Waals surface area (Å²) in [5, 5.41) is 3.29. The Morgan fingerprint density at radius 2 is 1.50 bits per heavy atom. The third kappa shape index (κ3) is 7.89. The Hall–Kier alpha value is -3.88. The van der Waals surface area contributed by atoms with Gasteiger partial charge in [0, 0.05) is 37.2 Å². The van der Waals surface area contributed by atoms with E-state index in [4.69, 9.17) is 0 Å². The van der Waals surface area contributed by atoms with Crippen LogP contribution in [0.25, 0.3) is 10.8 Å². The molecule has 0 radical (unpaired) electrons. The second-order valence-corrected chi connectivity index (χ2v) is 10.7. The summed E-state index contributed by atoms with van der Waals surface area (Å²) >= 11 is 0. The Morgan fingerprint density at radius 3 is 2.19 bits per heavy atom. The normalized spacial score (nSPS) is 14.1. The molecule has 0 atom stereocenters. The van der Waals surface area contributed by atoms with Crippen LogP contribution in [0.15, 0.2) is 60.7 Å². The number of piperidine rings is 1. The van der Waals surface area contributed by atoms with Crippen molar-refractivity contribution in [3.8, 4) is 0 Å². The van der Waals surface area contributed by atoms with Gasteiger partial charge < -0.3 is 15.0 Å². The zero-order valence-corrected chi connectivity index (χ0v) is 23.8. The number of amides is 2. The van der Waals surface area contributed by atoms with Crippen molar-refractivity contribution >= 4 is 28.6 Å². The fourth-order valence-electron chi connectivity index (χ4n) is 5.57. The smallest absolute Gasteiger partial charge is 0.417 e. The van der Waals surface area contributed by atoms with Gasteiger partial charge in [0.1, 0.15) is 0 Å². The number of halogens is 3. The van der Waals surface area contributed by atoms with E-state index in [2.05, 4.69) is 10.1 Å². The monoisotopic (exact) mass is 582 g/mol. The molecule has 9 heteroatoms. The molecule has 1 N–H and O–H groups in total. The number of unbranched alkanes of at least 4 members (excludes halogenated alkanes) is 4. The van der Waals surface area contributed by atoms with Crippen LogP contribution in [0, 0.1) is 0 Å². The molecule has 0 aliphatic carbocycles. The van der Waals surface area contributed by atoms with E-state index in [0.717, 1.165) is 56.6 Å². The number of carbonyl (C=O) groups is 3. The summed E-state index contributed by atoms with van der Waals surface area (Å²) in [6, 6.07) is 16.0. The van der Waals surface area contributed by atoms with Gasteiger partial charge in [0.25, 0.3) is 11.8 Å². The van der Waals surface area contributed by atoms with E-state index < -0.39 is 11.7 Å². The SMILES string of the molecule is COC(=O)CCCCCCCNC(=O)c1ccc(C2CCN(C(=O)c3cccc4c(C(F)(F)F)cccc34)CC2)cc1. The lowest BCUT2D eigenvalue weighted by atomic mass is 9.88. The number of fused-ring (bicyclic) bond motifs is 1. The van der Waals surface area contributed by atoms with Gasteiger partial charge in [-0.2, -0.15) is 13.2 Å². The van der Waals surface area contributed by atoms with Gasteiger partial charge in [-0.1, -0.05) is 55.7 Å². The molecular weight excluding hydrogens is 545 g/mol. The molecule has 2 amide bonds. The van der Waals surface area contributed by atoms with Crippen molar-refractivity contribution in [3.05, 3.63) is 82.9 Å². The number of esters is 1. The highest BCUT2D eigenvalue weighted by Gasteiger charge is 2.33. The average Bonchev–Trinajstić information content (AvgIpc) is 3.00. The number of likely N-dealkylation sites (tertiary alicyclic amines) is 1. The lowest BCUT2D eigenvalue weighted by molar-refractivity contribution is -0.140. The Morgan fingerprint density at radius 1 is 0.857 bits per heavy atom. The van der Waals surface area contributed by atoms with Gasteiger partial charge in [-0.3, -0.25) is 14.4 Å². The summed E-state index contributed by atoms with van der Waals surface area (Å²) in [5.74, 6) is -0.322. The second-order valence-electron chi connectivity index (χ2n) is 10.7. The molecule has 0 bridgehead atoms. The highest BCUT2D eigenvalue weighted by atomic mass is 19.4. The first-order valence-corrected chi connectivity index (χ1v) is 14.5. The fourth-order valence-corrected chi connectivity index (χ4v) is 5.57. The number of nitrogens with zero attached hydrogens (tertiary/aromatic N) is 1. The fraction of sp³-hybridized carbons (Fsp3) is 0.424. The molecule has 0 unspecified atom stereocenters. The molecular formula is C33H37F3N2O4. The molecule has 1 heterocycles. The molecule has 6 nitrogen and oxygen atoms in total. The van der Waals surface area contributed by atoms with Crippen LogP contribution >= 0.6 is 0 Å². The summed E-state index contributed by atoms with van der Waals surface area (Å²) in [6.07, 6.45) is 2.06. The van der Waals surface area contributed by atoms with E-state index in [1.807, 2.05) is 24.3 Å². The van der Waals surface area contributed by atoms with Crippen molar-refractivity contribution in [2.75, 3.05) is 26.7 Å². The van der Waals surface area contributed by atoms with Gasteiger partial charge in [0.05, 0.1) is 12.7 Å². The summed E-state index contributed by atoms with van der Waals surface area (Å²) < 4.78 is 45.1. The van der Waals surface area contributed by atoms with Crippen molar-refractivity contribution in [2.24, 2.45) is 0 Å². The topological polar surface area (TPSA) is 75.7 Å². The van der Waals surface area contributed by atoms with Gasteiger partial charge in [-0.15, -0.1) is 0 Å². The van der Waals surface area contributed by atoms with Crippen LogP contribution in [-0.2, 0) is 15.7 Å². The number of methoxy groups -OCH3 is 1. The van der Waals surface area contributed by atoms with E-state index in [1.165, 1.54) is 25.3 Å². The maximum atomic E-state index is 13.5. The number of benzene rings is 3. The third-order valence-electron chi connectivity index (χ3n) is 7.96. The van der Waals surface area contributed by atoms with Crippen LogP contribution < -0.4 is 5.32 Å². The molecule has 1 aliphatic rings. The minimum atomic E-state index is -4.50. The molecule has 1 aliphatic heterocycles. The van der Waals surface area contributed by atoms with E-state index >= 15 is 0 Å². The number of carbonyl (C=O) groups excluding carboxylic acids is 3. The van der Waals surface area contributed by atoms with Crippen molar-refractivity contribution in [1.29, 1.82) is 0 Å². The summed E-state index contributed by atoms with van der Waals surface area (Å²) in [5.41, 5.74) is 1.24. The van der Waals surface area contributed by atoms with Crippen LogP contribution in [0.2, 0.25) is 0 Å². The minimum Gasteiger partial charge on any atom is -0.469 e. The second kappa shape index (κ2) is 14.3. The zero-order chi connectivity index (χ0) is 30.1. The lowest BCUT2D eigenvalue weighted by Crippen LogP contribution is -2.38. The van der Waals surface area contributed by atoms with Crippen LogP contribution in [0.3, 0.4) is 0 Å². The third-order valence-corrected chi connectivity index (χ3v) is 7.96. The summed E-state index contributed by atoms with van der Waals surface area (Å²) in [7, 11) is 1.39. The number of nitrogens with one attached hydrogen (secondary N) is 1. The van der Waals surface area contributed by atoms with Crippen LogP contribution in [0.4, 0.5) is 13.2 Å². The molecule has 224 valence electrons. The average molecular weight is 583 g/mol. The van der Waals surface area contributed by atoms with Crippen molar-refractivity contribution in [3.63, 3.8) is 0 Å². The highest BCUT2D eigenvalue weighted by molar-refractivity contribution is 6.07. The molecule has 1 fully saturated rings. The van der Waals surface area contributed by atoms with Crippen molar-refractivity contribution in [1.82, 2.24) is 10.2 Å². The molecule has 42 heavy (non-hydrogen) atoms. The molecule has 3 aromatic carbocycles. The maximum absolute atomic E-state index is 13.5. The van der Waals surface area contributed by atoms with Crippen molar-refractivity contribution < 1.29 is 32.3 Å². The predicted octanol–water partition coefficient (Wildman–Crippen LogP) is 7.12. The number of rotatable bonds is 11. The summed E-state index contributed by atoms with van der Waals surface area (Å²) in [4.78, 5) is 38.7. The first-order chi connectivity index (χ1) is 20.2. The Bertz CT molecular complexity index is 1380. The number of hydrogen-bond donors (Lipinski definition) is 1. The van der Waals surface area contributed by atoms with Crippen LogP contribution in [0.1, 0.15) is 89.1 Å². The van der Waals surface area contributed by atoms with Crippen LogP contribution in [-0.4, -0.2) is 49.4 Å². The first kappa shape index (κ1) is 31.1. The standard InChI is InChI=1S/C33H37F3N2O4/c1-42-30(39)13-5-3-2-4-6-20-37-31(40)25-16-14-23(15-17-25)24-18-21-38(22-19-24)32(41)28-11-7-10-27-26(28)9-8-12-29(27)33(34,35)36/h7-12,14-17,24H,2-6,13,18-22H2,1H3,(H,37,40). The van der Waals surface area contributed by atoms with Gasteiger partial charge in [-0.05, 0) is 72.2 Å². The molecule has 0 spiro atoms. The number of ether oxygens (including phenoxy) is 1. The van der Waals surface area contributed by atoms with Gasteiger partial charge in [0.15, 0.2) is 0 Å². The largest absolute Gasteiger partial charge is 0.469 e. The maximum Gasteiger partial charge on any atom is 0.417 e. The predicted molar refractivity (Wildman–Crippen MR) is 155 cm³/mol. The van der Waals surface area contributed by atoms with Gasteiger partial charge >= 0.3 is 12.1 Å². The van der Waals surface area contributed by atoms with E-state index in [9.17, 15) is 27.6 Å². The molecule has 4 rings (SSSR count). The zero-order valence-electron chi connectivity index (χ0n) is 23.8. The van der Waals surface area contributed by atoms with Gasteiger partial charge in [0.2, 0.25) is 0 Å². The van der Waals surface area contributed by atoms with E-state index in [1.54, 1.807) is 17.0 Å².